The molecule has 0 fully saturated rings. The van der Waals surface area contributed by atoms with E-state index in [1.807, 2.05) is 0 Å². The minimum atomic E-state index is -4.85. The van der Waals surface area contributed by atoms with Crippen molar-refractivity contribution < 1.29 is 41.0 Å². The number of rotatable bonds is 5. The molecule has 28 heavy (non-hydrogen) atoms. The largest absolute Gasteiger partial charge is 0.573 e. The molecule has 2 rings (SSSR count). The quantitative estimate of drug-likeness (QED) is 0.430. The molecule has 0 saturated carbocycles. The maximum atomic E-state index is 13.2. The molecule has 0 aliphatic heterocycles. The van der Waals surface area contributed by atoms with Crippen LogP contribution < -0.4 is 10.1 Å². The first-order valence-corrected chi connectivity index (χ1v) is 7.86. The van der Waals surface area contributed by atoms with Crippen LogP contribution in [0.15, 0.2) is 36.4 Å². The Kier molecular flexibility index (Phi) is 6.45. The van der Waals surface area contributed by atoms with Gasteiger partial charge in [-0.2, -0.15) is 0 Å². The van der Waals surface area contributed by atoms with Crippen LogP contribution in [0.3, 0.4) is 0 Å². The summed E-state index contributed by atoms with van der Waals surface area (Å²) in [6.07, 6.45) is -6.23. The molecule has 11 heteroatoms. The lowest BCUT2D eigenvalue weighted by molar-refractivity contribution is -0.274. The summed E-state index contributed by atoms with van der Waals surface area (Å²) < 4.78 is 71.1. The highest BCUT2D eigenvalue weighted by molar-refractivity contribution is 6.33. The molecule has 0 saturated heterocycles. The predicted molar refractivity (Wildman–Crippen MR) is 88.0 cm³/mol. The fourth-order valence-electron chi connectivity index (χ4n) is 1.94. The third kappa shape index (κ3) is 5.81. The van der Waals surface area contributed by atoms with E-state index >= 15 is 0 Å². The van der Waals surface area contributed by atoms with Gasteiger partial charge in [0.15, 0.2) is 17.7 Å². The average Bonchev–Trinajstić information content (AvgIpc) is 2.58. The molecule has 1 amide bonds. The molecule has 0 aromatic heterocycles. The Balaban J connectivity index is 1.99. The number of alkyl halides is 3. The van der Waals surface area contributed by atoms with E-state index in [1.54, 1.807) is 0 Å². The second kappa shape index (κ2) is 8.42. The Morgan fingerprint density at radius 3 is 2.21 bits per heavy atom. The number of hydrogen-bond donors (Lipinski definition) is 1. The van der Waals surface area contributed by atoms with E-state index in [2.05, 4.69) is 10.1 Å². The Bertz CT molecular complexity index is 886. The molecule has 5 nitrogen and oxygen atoms in total. The molecule has 0 spiro atoms. The van der Waals surface area contributed by atoms with Crippen molar-refractivity contribution in [1.82, 2.24) is 0 Å². The first kappa shape index (κ1) is 21.4. The van der Waals surface area contributed by atoms with E-state index < -0.39 is 52.3 Å². The molecule has 0 radical (unpaired) electrons. The Morgan fingerprint density at radius 2 is 1.64 bits per heavy atom. The lowest BCUT2D eigenvalue weighted by Crippen LogP contribution is -2.30. The maximum Gasteiger partial charge on any atom is 0.573 e. The Morgan fingerprint density at radius 1 is 1.07 bits per heavy atom. The van der Waals surface area contributed by atoms with Crippen LogP contribution in [0.1, 0.15) is 17.3 Å². The molecule has 0 aliphatic carbocycles. The number of esters is 1. The van der Waals surface area contributed by atoms with Crippen molar-refractivity contribution in [3.8, 4) is 5.75 Å². The van der Waals surface area contributed by atoms with Crippen LogP contribution >= 0.6 is 11.6 Å². The van der Waals surface area contributed by atoms with Crippen molar-refractivity contribution in [2.24, 2.45) is 0 Å². The van der Waals surface area contributed by atoms with Gasteiger partial charge in [-0.3, -0.25) is 4.79 Å². The van der Waals surface area contributed by atoms with Crippen molar-refractivity contribution in [2.45, 2.75) is 19.4 Å². The topological polar surface area (TPSA) is 64.6 Å². The number of benzene rings is 2. The van der Waals surface area contributed by atoms with Crippen molar-refractivity contribution in [3.05, 3.63) is 58.6 Å². The van der Waals surface area contributed by atoms with Gasteiger partial charge in [0.1, 0.15) is 5.75 Å². The number of carbonyl (C=O) groups is 2. The minimum absolute atomic E-state index is 0.105. The number of carbonyl (C=O) groups excluding carboxylic acids is 2. The van der Waals surface area contributed by atoms with Crippen molar-refractivity contribution in [3.63, 3.8) is 0 Å². The van der Waals surface area contributed by atoms with E-state index in [4.69, 9.17) is 16.3 Å². The summed E-state index contributed by atoms with van der Waals surface area (Å²) in [6.45, 7) is 1.20. The number of halogens is 6. The highest BCUT2D eigenvalue weighted by Crippen LogP contribution is 2.24. The van der Waals surface area contributed by atoms with Crippen LogP contribution in [0.25, 0.3) is 0 Å². The second-order valence-electron chi connectivity index (χ2n) is 5.36. The van der Waals surface area contributed by atoms with Crippen LogP contribution in [0, 0.1) is 11.6 Å². The van der Waals surface area contributed by atoms with E-state index in [-0.39, 0.29) is 5.69 Å². The van der Waals surface area contributed by atoms with Crippen LogP contribution in [-0.4, -0.2) is 24.3 Å². The van der Waals surface area contributed by atoms with Crippen molar-refractivity contribution in [2.75, 3.05) is 5.32 Å². The van der Waals surface area contributed by atoms with Gasteiger partial charge in [0.25, 0.3) is 5.91 Å². The third-order valence-corrected chi connectivity index (χ3v) is 3.55. The molecule has 2 aromatic carbocycles. The molecule has 0 bridgehead atoms. The van der Waals surface area contributed by atoms with Crippen molar-refractivity contribution >= 4 is 29.2 Å². The lowest BCUT2D eigenvalue weighted by atomic mass is 10.2. The zero-order valence-electron chi connectivity index (χ0n) is 13.9. The SMILES string of the molecule is CC(OC(=O)c1cc(F)c(F)cc1Cl)C(=O)Nc1ccc(OC(F)(F)F)cc1. The fourth-order valence-corrected chi connectivity index (χ4v) is 2.17. The summed E-state index contributed by atoms with van der Waals surface area (Å²) in [5.74, 6) is -5.06. The van der Waals surface area contributed by atoms with Crippen LogP contribution in [-0.2, 0) is 9.53 Å². The zero-order chi connectivity index (χ0) is 21.1. The summed E-state index contributed by atoms with van der Waals surface area (Å²) in [6, 6.07) is 5.34. The molecule has 2 aromatic rings. The first-order chi connectivity index (χ1) is 13.0. The second-order valence-corrected chi connectivity index (χ2v) is 5.76. The third-order valence-electron chi connectivity index (χ3n) is 3.24. The normalized spacial score (nSPS) is 12.2. The summed E-state index contributed by atoms with van der Waals surface area (Å²) >= 11 is 5.65. The standard InChI is InChI=1S/C17H11ClF5NO4/c1-8(27-16(26)11-6-13(19)14(20)7-12(11)18)15(25)24-9-2-4-10(5-3-9)28-17(21,22)23/h2-8H,1H3,(H,24,25). The number of anilines is 1. The summed E-state index contributed by atoms with van der Waals surface area (Å²) in [4.78, 5) is 24.0. The molecule has 1 atom stereocenters. The lowest BCUT2D eigenvalue weighted by Gasteiger charge is -2.14. The highest BCUT2D eigenvalue weighted by atomic mass is 35.5. The van der Waals surface area contributed by atoms with Gasteiger partial charge in [0, 0.05) is 5.69 Å². The van der Waals surface area contributed by atoms with Crippen molar-refractivity contribution in [1.29, 1.82) is 0 Å². The van der Waals surface area contributed by atoms with Gasteiger partial charge in [0.05, 0.1) is 10.6 Å². The van der Waals surface area contributed by atoms with E-state index in [0.717, 1.165) is 24.3 Å². The number of hydrogen-bond acceptors (Lipinski definition) is 4. The Labute approximate surface area is 160 Å². The molecular weight excluding hydrogens is 413 g/mol. The minimum Gasteiger partial charge on any atom is -0.449 e. The molecule has 1 unspecified atom stereocenters. The molecule has 0 heterocycles. The predicted octanol–water partition coefficient (Wildman–Crippen LogP) is 4.70. The monoisotopic (exact) mass is 423 g/mol. The van der Waals surface area contributed by atoms with E-state index in [0.29, 0.717) is 12.1 Å². The summed E-state index contributed by atoms with van der Waals surface area (Å²) in [7, 11) is 0. The fraction of sp³-hybridized carbons (Fsp3) is 0.176. The smallest absolute Gasteiger partial charge is 0.449 e. The Hall–Kier alpha value is -2.88. The van der Waals surface area contributed by atoms with Crippen LogP contribution in [0.4, 0.5) is 27.6 Å². The van der Waals surface area contributed by atoms with Gasteiger partial charge < -0.3 is 14.8 Å². The van der Waals surface area contributed by atoms with Gasteiger partial charge in [-0.05, 0) is 43.3 Å². The van der Waals surface area contributed by atoms with Gasteiger partial charge in [-0.15, -0.1) is 13.2 Å². The highest BCUT2D eigenvalue weighted by Gasteiger charge is 2.31. The van der Waals surface area contributed by atoms with E-state index in [1.165, 1.54) is 6.92 Å². The van der Waals surface area contributed by atoms with Gasteiger partial charge in [-0.25, -0.2) is 13.6 Å². The average molecular weight is 424 g/mol. The summed E-state index contributed by atoms with van der Waals surface area (Å²) in [5.41, 5.74) is -0.373. The molecule has 150 valence electrons. The van der Waals surface area contributed by atoms with Crippen LogP contribution in [0.5, 0.6) is 5.75 Å². The van der Waals surface area contributed by atoms with Gasteiger partial charge in [0.2, 0.25) is 0 Å². The zero-order valence-corrected chi connectivity index (χ0v) is 14.7. The first-order valence-electron chi connectivity index (χ1n) is 7.48. The number of nitrogens with one attached hydrogen (secondary N) is 1. The van der Waals surface area contributed by atoms with Gasteiger partial charge >= 0.3 is 12.3 Å². The van der Waals surface area contributed by atoms with Crippen LogP contribution in [0.2, 0.25) is 5.02 Å². The van der Waals surface area contributed by atoms with Gasteiger partial charge in [-0.1, -0.05) is 11.6 Å². The maximum absolute atomic E-state index is 13.2. The number of amides is 1. The molecule has 0 aliphatic rings. The molecule has 1 N–H and O–H groups in total. The number of ether oxygens (including phenoxy) is 2. The van der Waals surface area contributed by atoms with E-state index in [9.17, 15) is 31.5 Å². The summed E-state index contributed by atoms with van der Waals surface area (Å²) in [5, 5.41) is 1.90. The molecular formula is C17H11ClF5NO4.